The minimum absolute atomic E-state index is 0.102. The van der Waals surface area contributed by atoms with Gasteiger partial charge in [0.1, 0.15) is 24.1 Å². The molecule has 0 atom stereocenters. The van der Waals surface area contributed by atoms with Crippen molar-refractivity contribution in [3.8, 4) is 11.4 Å². The van der Waals surface area contributed by atoms with E-state index in [4.69, 9.17) is 16.3 Å². The SMILES string of the molecule is CCc1ccc(OCC(=O)Nc2cccc(Cl)c2-n2cncn2)cc1. The first kappa shape index (κ1) is 17.0. The Hall–Kier alpha value is -2.86. The fourth-order valence-electron chi connectivity index (χ4n) is 2.33. The molecule has 1 heterocycles. The van der Waals surface area contributed by atoms with Crippen molar-refractivity contribution in [3.05, 3.63) is 65.7 Å². The highest BCUT2D eigenvalue weighted by molar-refractivity contribution is 6.33. The molecule has 0 aliphatic carbocycles. The number of halogens is 1. The number of rotatable bonds is 6. The van der Waals surface area contributed by atoms with Gasteiger partial charge in [0, 0.05) is 0 Å². The van der Waals surface area contributed by atoms with Gasteiger partial charge in [0.15, 0.2) is 6.61 Å². The molecule has 3 rings (SSSR count). The summed E-state index contributed by atoms with van der Waals surface area (Å²) in [6.07, 6.45) is 3.88. The fourth-order valence-corrected chi connectivity index (χ4v) is 2.59. The van der Waals surface area contributed by atoms with E-state index in [-0.39, 0.29) is 12.5 Å². The average Bonchev–Trinajstić information content (AvgIpc) is 3.14. The van der Waals surface area contributed by atoms with E-state index in [1.54, 1.807) is 18.2 Å². The third-order valence-electron chi connectivity index (χ3n) is 3.61. The van der Waals surface area contributed by atoms with E-state index in [0.717, 1.165) is 6.42 Å². The van der Waals surface area contributed by atoms with Crippen LogP contribution in [0.15, 0.2) is 55.1 Å². The van der Waals surface area contributed by atoms with Gasteiger partial charge < -0.3 is 10.1 Å². The molecule has 0 spiro atoms. The van der Waals surface area contributed by atoms with E-state index in [1.807, 2.05) is 24.3 Å². The van der Waals surface area contributed by atoms with Crippen LogP contribution in [-0.4, -0.2) is 27.3 Å². The highest BCUT2D eigenvalue weighted by atomic mass is 35.5. The van der Waals surface area contributed by atoms with Crippen molar-refractivity contribution in [2.24, 2.45) is 0 Å². The molecule has 0 unspecified atom stereocenters. The molecule has 1 aromatic heterocycles. The Labute approximate surface area is 150 Å². The van der Waals surface area contributed by atoms with Gasteiger partial charge in [0.25, 0.3) is 5.91 Å². The summed E-state index contributed by atoms with van der Waals surface area (Å²) < 4.78 is 7.02. The number of nitrogens with one attached hydrogen (secondary N) is 1. The summed E-state index contributed by atoms with van der Waals surface area (Å²) in [5, 5.41) is 7.32. The first-order chi connectivity index (χ1) is 12.2. The standard InChI is InChI=1S/C18H17ClN4O2/c1-2-13-6-8-14(9-7-13)25-10-17(24)22-16-5-3-4-15(19)18(16)23-12-20-11-21-23/h3-9,11-12H,2,10H2,1H3,(H,22,24). The molecule has 0 aliphatic heterocycles. The zero-order chi connectivity index (χ0) is 17.6. The highest BCUT2D eigenvalue weighted by Gasteiger charge is 2.13. The van der Waals surface area contributed by atoms with Crippen molar-refractivity contribution in [2.75, 3.05) is 11.9 Å². The van der Waals surface area contributed by atoms with Crippen molar-refractivity contribution in [2.45, 2.75) is 13.3 Å². The van der Waals surface area contributed by atoms with Gasteiger partial charge >= 0.3 is 0 Å². The highest BCUT2D eigenvalue weighted by Crippen LogP contribution is 2.27. The lowest BCUT2D eigenvalue weighted by molar-refractivity contribution is -0.118. The minimum Gasteiger partial charge on any atom is -0.484 e. The maximum atomic E-state index is 12.2. The number of amides is 1. The zero-order valence-electron chi connectivity index (χ0n) is 13.6. The van der Waals surface area contributed by atoms with Crippen molar-refractivity contribution in [1.82, 2.24) is 14.8 Å². The van der Waals surface area contributed by atoms with Crippen LogP contribution in [0, 0.1) is 0 Å². The number of carbonyl (C=O) groups excluding carboxylic acids is 1. The Morgan fingerprint density at radius 1 is 1.24 bits per heavy atom. The Bertz CT molecular complexity index is 848. The van der Waals surface area contributed by atoms with E-state index in [2.05, 4.69) is 22.3 Å². The number of carbonyl (C=O) groups is 1. The molecule has 0 saturated carbocycles. The first-order valence-electron chi connectivity index (χ1n) is 7.82. The number of hydrogen-bond donors (Lipinski definition) is 1. The van der Waals surface area contributed by atoms with Crippen LogP contribution in [0.2, 0.25) is 5.02 Å². The van der Waals surface area contributed by atoms with E-state index in [0.29, 0.717) is 22.1 Å². The molecule has 3 aromatic rings. The molecule has 6 nitrogen and oxygen atoms in total. The predicted octanol–water partition coefficient (Wildman–Crippen LogP) is 3.50. The lowest BCUT2D eigenvalue weighted by Gasteiger charge is -2.13. The van der Waals surface area contributed by atoms with E-state index in [9.17, 15) is 4.79 Å². The summed E-state index contributed by atoms with van der Waals surface area (Å²) in [6.45, 7) is 1.98. The molecular formula is C18H17ClN4O2. The molecule has 2 aromatic carbocycles. The minimum atomic E-state index is -0.289. The summed E-state index contributed by atoms with van der Waals surface area (Å²) in [6, 6.07) is 12.9. The number of aryl methyl sites for hydroxylation is 1. The molecule has 1 amide bonds. The maximum absolute atomic E-state index is 12.2. The van der Waals surface area contributed by atoms with E-state index in [1.165, 1.54) is 22.9 Å². The molecule has 0 bridgehead atoms. The zero-order valence-corrected chi connectivity index (χ0v) is 14.4. The van der Waals surface area contributed by atoms with Crippen LogP contribution in [0.25, 0.3) is 5.69 Å². The van der Waals surface area contributed by atoms with Crippen LogP contribution in [0.1, 0.15) is 12.5 Å². The third kappa shape index (κ3) is 4.16. The lowest BCUT2D eigenvalue weighted by atomic mass is 10.2. The van der Waals surface area contributed by atoms with Gasteiger partial charge in [-0.1, -0.05) is 36.7 Å². The van der Waals surface area contributed by atoms with Gasteiger partial charge in [-0.2, -0.15) is 5.10 Å². The number of anilines is 1. The quantitative estimate of drug-likeness (QED) is 0.734. The molecule has 128 valence electrons. The molecule has 0 radical (unpaired) electrons. The van der Waals surface area contributed by atoms with Gasteiger partial charge in [-0.3, -0.25) is 4.79 Å². The summed E-state index contributed by atoms with van der Waals surface area (Å²) in [4.78, 5) is 16.1. The summed E-state index contributed by atoms with van der Waals surface area (Å²) >= 11 is 6.23. The molecule has 7 heteroatoms. The third-order valence-corrected chi connectivity index (χ3v) is 3.92. The van der Waals surface area contributed by atoms with Gasteiger partial charge in [-0.25, -0.2) is 9.67 Å². The Kier molecular flexibility index (Phi) is 5.30. The number of para-hydroxylation sites is 1. The number of nitrogens with zero attached hydrogens (tertiary/aromatic N) is 3. The number of benzene rings is 2. The van der Waals surface area contributed by atoms with Crippen LogP contribution < -0.4 is 10.1 Å². The van der Waals surface area contributed by atoms with E-state index >= 15 is 0 Å². The van der Waals surface area contributed by atoms with Crippen molar-refractivity contribution < 1.29 is 9.53 Å². The maximum Gasteiger partial charge on any atom is 0.262 e. The average molecular weight is 357 g/mol. The van der Waals surface area contributed by atoms with Crippen LogP contribution in [0.4, 0.5) is 5.69 Å². The van der Waals surface area contributed by atoms with E-state index < -0.39 is 0 Å². The Morgan fingerprint density at radius 3 is 2.72 bits per heavy atom. The second-order valence-corrected chi connectivity index (χ2v) is 5.72. The van der Waals surface area contributed by atoms with Gasteiger partial charge in [0.2, 0.25) is 0 Å². The van der Waals surface area contributed by atoms with Crippen LogP contribution in [-0.2, 0) is 11.2 Å². The van der Waals surface area contributed by atoms with Gasteiger partial charge in [0.05, 0.1) is 10.7 Å². The largest absolute Gasteiger partial charge is 0.484 e. The lowest BCUT2D eigenvalue weighted by Crippen LogP contribution is -2.21. The first-order valence-corrected chi connectivity index (χ1v) is 8.20. The topological polar surface area (TPSA) is 69.0 Å². The fraction of sp³-hybridized carbons (Fsp3) is 0.167. The molecule has 1 N–H and O–H groups in total. The number of hydrogen-bond acceptors (Lipinski definition) is 4. The summed E-state index contributed by atoms with van der Waals surface area (Å²) in [5.41, 5.74) is 2.31. The summed E-state index contributed by atoms with van der Waals surface area (Å²) in [5.74, 6) is 0.359. The van der Waals surface area contributed by atoms with Crippen molar-refractivity contribution >= 4 is 23.2 Å². The summed E-state index contributed by atoms with van der Waals surface area (Å²) in [7, 11) is 0. The van der Waals surface area contributed by atoms with Crippen molar-refractivity contribution in [1.29, 1.82) is 0 Å². The second-order valence-electron chi connectivity index (χ2n) is 5.31. The normalized spacial score (nSPS) is 10.5. The van der Waals surface area contributed by atoms with Crippen LogP contribution >= 0.6 is 11.6 Å². The van der Waals surface area contributed by atoms with Crippen molar-refractivity contribution in [3.63, 3.8) is 0 Å². The Morgan fingerprint density at radius 2 is 2.04 bits per heavy atom. The monoisotopic (exact) mass is 356 g/mol. The molecular weight excluding hydrogens is 340 g/mol. The molecule has 0 fully saturated rings. The second kappa shape index (κ2) is 7.81. The van der Waals surface area contributed by atoms with Gasteiger partial charge in [-0.15, -0.1) is 0 Å². The van der Waals surface area contributed by atoms with Gasteiger partial charge in [-0.05, 0) is 36.2 Å². The molecule has 0 aliphatic rings. The number of ether oxygens (including phenoxy) is 1. The van der Waals surface area contributed by atoms with Crippen LogP contribution in [0.3, 0.4) is 0 Å². The van der Waals surface area contributed by atoms with Crippen LogP contribution in [0.5, 0.6) is 5.75 Å². The molecule has 0 saturated heterocycles. The predicted molar refractivity (Wildman–Crippen MR) is 96.3 cm³/mol. The molecule has 25 heavy (non-hydrogen) atoms. The smallest absolute Gasteiger partial charge is 0.262 e. The number of aromatic nitrogens is 3. The Balaban J connectivity index is 1.68.